The van der Waals surface area contributed by atoms with E-state index in [4.69, 9.17) is 21.1 Å². The number of benzene rings is 1. The van der Waals surface area contributed by atoms with Gasteiger partial charge in [0.15, 0.2) is 11.5 Å². The summed E-state index contributed by atoms with van der Waals surface area (Å²) in [5.41, 5.74) is 1.07. The van der Waals surface area contributed by atoms with E-state index in [1.807, 2.05) is 0 Å². The first-order valence-corrected chi connectivity index (χ1v) is 8.21. The lowest BCUT2D eigenvalue weighted by Gasteiger charge is -2.01. The van der Waals surface area contributed by atoms with E-state index in [1.54, 1.807) is 24.3 Å². The number of halogens is 1. The third-order valence-electron chi connectivity index (χ3n) is 2.71. The van der Waals surface area contributed by atoms with Crippen LogP contribution in [0.25, 0.3) is 6.08 Å². The van der Waals surface area contributed by atoms with Gasteiger partial charge in [0.2, 0.25) is 11.9 Å². The highest BCUT2D eigenvalue weighted by Crippen LogP contribution is 2.38. The lowest BCUT2D eigenvalue weighted by Crippen LogP contribution is -1.92. The normalized spacial score (nSPS) is 18.2. The van der Waals surface area contributed by atoms with E-state index in [1.165, 1.54) is 11.8 Å². The first kappa shape index (κ1) is 14.6. The molecule has 1 aromatic carbocycles. The van der Waals surface area contributed by atoms with Crippen LogP contribution >= 0.6 is 35.1 Å². The second kappa shape index (κ2) is 6.17. The topological polar surface area (TPSA) is 47.9 Å². The van der Waals surface area contributed by atoms with Crippen LogP contribution in [0.5, 0.6) is 11.5 Å². The van der Waals surface area contributed by atoms with Crippen LogP contribution in [0, 0.1) is 0 Å². The summed E-state index contributed by atoms with van der Waals surface area (Å²) in [5, 5.41) is 0.405. The number of fused-ring (bicyclic) bond motifs is 1. The van der Waals surface area contributed by atoms with Crippen molar-refractivity contribution in [3.8, 4) is 11.5 Å². The Morgan fingerprint density at radius 1 is 1.43 bits per heavy atom. The molecule has 7 heteroatoms. The van der Waals surface area contributed by atoms with E-state index in [0.717, 1.165) is 21.9 Å². The summed E-state index contributed by atoms with van der Waals surface area (Å²) in [6.07, 6.45) is 3.44. The fourth-order valence-corrected chi connectivity index (χ4v) is 3.58. The first-order chi connectivity index (χ1) is 10.2. The van der Waals surface area contributed by atoms with Crippen LogP contribution in [0.2, 0.25) is 5.02 Å². The summed E-state index contributed by atoms with van der Waals surface area (Å²) >= 11 is 8.79. The zero-order chi connectivity index (χ0) is 14.8. The van der Waals surface area contributed by atoms with Gasteiger partial charge in [0.05, 0.1) is 5.02 Å². The summed E-state index contributed by atoms with van der Waals surface area (Å²) in [7, 11) is 0. The van der Waals surface area contributed by atoms with E-state index in [-0.39, 0.29) is 11.9 Å². The maximum atomic E-state index is 11.9. The summed E-state index contributed by atoms with van der Waals surface area (Å²) in [4.78, 5) is 16.3. The van der Waals surface area contributed by atoms with Gasteiger partial charge in [-0.05, 0) is 29.5 Å². The molecule has 108 valence electrons. The summed E-state index contributed by atoms with van der Waals surface area (Å²) in [5.74, 6) is 1.95. The quantitative estimate of drug-likeness (QED) is 0.616. The van der Waals surface area contributed by atoms with Gasteiger partial charge in [-0.2, -0.15) is 0 Å². The number of carbonyl (C=O) groups is 1. The Hall–Kier alpha value is -1.37. The van der Waals surface area contributed by atoms with Crippen molar-refractivity contribution in [1.82, 2.24) is 0 Å². The Labute approximate surface area is 135 Å². The van der Waals surface area contributed by atoms with Crippen molar-refractivity contribution in [2.45, 2.75) is 0 Å². The molecule has 0 aliphatic carbocycles. The van der Waals surface area contributed by atoms with Gasteiger partial charge in [-0.1, -0.05) is 29.4 Å². The molecule has 2 aliphatic rings. The number of hydrogen-bond acceptors (Lipinski definition) is 6. The van der Waals surface area contributed by atoms with E-state index in [9.17, 15) is 4.79 Å². The molecule has 3 rings (SSSR count). The number of rotatable bonds is 3. The van der Waals surface area contributed by atoms with Crippen molar-refractivity contribution in [3.63, 3.8) is 0 Å². The lowest BCUT2D eigenvalue weighted by atomic mass is 10.1. The molecule has 2 aliphatic heterocycles. The third kappa shape index (κ3) is 3.12. The Kier molecular flexibility index (Phi) is 4.28. The number of ether oxygens (including phenoxy) is 2. The average Bonchev–Trinajstić information content (AvgIpc) is 3.04. The number of nitrogens with zero attached hydrogens (tertiary/aromatic N) is 1. The van der Waals surface area contributed by atoms with Gasteiger partial charge in [0.25, 0.3) is 0 Å². The van der Waals surface area contributed by atoms with E-state index < -0.39 is 0 Å². The van der Waals surface area contributed by atoms with Gasteiger partial charge < -0.3 is 9.47 Å². The zero-order valence-corrected chi connectivity index (χ0v) is 13.2. The molecule has 1 aromatic rings. The number of carbonyl (C=O) groups excluding carboxylic acids is 1. The first-order valence-electron chi connectivity index (χ1n) is 6.03. The third-order valence-corrected chi connectivity index (χ3v) is 5.04. The monoisotopic (exact) mass is 339 g/mol. The van der Waals surface area contributed by atoms with Crippen LogP contribution in [0.4, 0.5) is 0 Å². The van der Waals surface area contributed by atoms with Crippen molar-refractivity contribution < 1.29 is 14.3 Å². The fraction of sp³-hybridized carbons (Fsp3) is 0.143. The summed E-state index contributed by atoms with van der Waals surface area (Å²) < 4.78 is 11.3. The van der Waals surface area contributed by atoms with Gasteiger partial charge in [0, 0.05) is 11.8 Å². The van der Waals surface area contributed by atoms with Crippen molar-refractivity contribution in [1.29, 1.82) is 0 Å². The highest BCUT2D eigenvalue weighted by molar-refractivity contribution is 8.45. The molecular formula is C14H10ClNO3S2. The van der Waals surface area contributed by atoms with Crippen molar-refractivity contribution >= 4 is 50.7 Å². The highest BCUT2D eigenvalue weighted by Gasteiger charge is 2.23. The molecule has 21 heavy (non-hydrogen) atoms. The molecule has 0 radical (unpaired) electrons. The predicted molar refractivity (Wildman–Crippen MR) is 88.2 cm³/mol. The van der Waals surface area contributed by atoms with E-state index in [2.05, 4.69) is 11.6 Å². The Balaban J connectivity index is 1.89. The molecule has 0 atom stereocenters. The van der Waals surface area contributed by atoms with E-state index in [0.29, 0.717) is 27.8 Å². The van der Waals surface area contributed by atoms with Crippen LogP contribution in [0.3, 0.4) is 0 Å². The molecule has 0 spiro atoms. The van der Waals surface area contributed by atoms with Crippen LogP contribution < -0.4 is 9.47 Å². The minimum atomic E-state index is -0.0877. The van der Waals surface area contributed by atoms with Gasteiger partial charge in [-0.3, -0.25) is 4.79 Å². The molecule has 0 bridgehead atoms. The molecule has 0 aromatic heterocycles. The Morgan fingerprint density at radius 3 is 2.95 bits per heavy atom. The van der Waals surface area contributed by atoms with Gasteiger partial charge in [0.1, 0.15) is 10.1 Å². The van der Waals surface area contributed by atoms with Crippen LogP contribution in [-0.2, 0) is 4.79 Å². The lowest BCUT2D eigenvalue weighted by molar-refractivity contribution is -0.107. The predicted octanol–water partition coefficient (Wildman–Crippen LogP) is 3.96. The highest BCUT2D eigenvalue weighted by atomic mass is 35.5. The zero-order valence-electron chi connectivity index (χ0n) is 10.8. The van der Waals surface area contributed by atoms with Crippen molar-refractivity contribution in [3.05, 3.63) is 41.1 Å². The standard InChI is InChI=1S/C14H10ClNO3S2/c1-2-3-20-14-16-10(13(17)21-14)4-8-5-11-12(6-9(8)15)19-7-18-11/h2,4-6H,1,3,7H2. The largest absolute Gasteiger partial charge is 0.454 e. The second-order valence-electron chi connectivity index (χ2n) is 4.12. The average molecular weight is 340 g/mol. The van der Waals surface area contributed by atoms with Gasteiger partial charge >= 0.3 is 0 Å². The molecular weight excluding hydrogens is 330 g/mol. The van der Waals surface area contributed by atoms with Crippen LogP contribution in [-0.4, -0.2) is 22.0 Å². The fourth-order valence-electron chi connectivity index (χ4n) is 1.77. The van der Waals surface area contributed by atoms with Crippen LogP contribution in [0.15, 0.2) is 35.5 Å². The van der Waals surface area contributed by atoms with E-state index >= 15 is 0 Å². The van der Waals surface area contributed by atoms with Crippen molar-refractivity contribution in [2.75, 3.05) is 12.5 Å². The Morgan fingerprint density at radius 2 is 2.19 bits per heavy atom. The number of thioether (sulfide) groups is 2. The van der Waals surface area contributed by atoms with Crippen LogP contribution in [0.1, 0.15) is 5.56 Å². The SMILES string of the molecule is C=CCSC1=NC(=Cc2cc3c(cc2Cl)OCO3)C(=O)S1. The second-order valence-corrected chi connectivity index (χ2v) is 6.76. The molecule has 0 fully saturated rings. The molecule has 0 unspecified atom stereocenters. The summed E-state index contributed by atoms with van der Waals surface area (Å²) in [6.45, 7) is 3.83. The summed E-state index contributed by atoms with van der Waals surface area (Å²) in [6, 6.07) is 3.43. The molecule has 0 amide bonds. The molecule has 0 saturated heterocycles. The number of hydrogen-bond donors (Lipinski definition) is 0. The minimum absolute atomic E-state index is 0.0877. The van der Waals surface area contributed by atoms with Gasteiger partial charge in [-0.25, -0.2) is 4.99 Å². The minimum Gasteiger partial charge on any atom is -0.454 e. The van der Waals surface area contributed by atoms with Crippen molar-refractivity contribution in [2.24, 2.45) is 4.99 Å². The smallest absolute Gasteiger partial charge is 0.244 e. The number of aliphatic imine (C=N–C) groups is 1. The van der Waals surface area contributed by atoms with Gasteiger partial charge in [-0.15, -0.1) is 6.58 Å². The Bertz CT molecular complexity index is 685. The molecule has 0 saturated carbocycles. The maximum absolute atomic E-state index is 11.9. The molecule has 2 heterocycles. The molecule has 4 nitrogen and oxygen atoms in total. The maximum Gasteiger partial charge on any atom is 0.244 e. The molecule has 0 N–H and O–H groups in total.